The highest BCUT2D eigenvalue weighted by Crippen LogP contribution is 2.34. The number of hydrogen-bond donors (Lipinski definition) is 0. The van der Waals surface area contributed by atoms with Gasteiger partial charge < -0.3 is 9.64 Å². The molecule has 17 heavy (non-hydrogen) atoms. The van der Waals surface area contributed by atoms with E-state index in [0.29, 0.717) is 6.04 Å². The van der Waals surface area contributed by atoms with Crippen molar-refractivity contribution in [3.8, 4) is 5.75 Å². The zero-order chi connectivity index (χ0) is 12.3. The molecule has 2 rings (SSSR count). The van der Waals surface area contributed by atoms with Gasteiger partial charge in [-0.25, -0.2) is 0 Å². The normalized spacial score (nSPS) is 17.2. The summed E-state index contributed by atoms with van der Waals surface area (Å²) in [6.45, 7) is 6.20. The fourth-order valence-electron chi connectivity index (χ4n) is 2.08. The molecule has 2 nitrogen and oxygen atoms in total. The Balaban J connectivity index is 1.69. The summed E-state index contributed by atoms with van der Waals surface area (Å²) in [6.07, 6.45) is 2.81. The fourth-order valence-corrected chi connectivity index (χ4v) is 2.08. The third-order valence-corrected chi connectivity index (χ3v) is 3.73. The highest BCUT2D eigenvalue weighted by Gasteiger charge is 2.30. The lowest BCUT2D eigenvalue weighted by Crippen LogP contribution is -2.34. The molecule has 1 aromatic carbocycles. The van der Waals surface area contributed by atoms with Crippen molar-refractivity contribution >= 4 is 0 Å². The third kappa shape index (κ3) is 3.74. The van der Waals surface area contributed by atoms with Crippen molar-refractivity contribution in [1.29, 1.82) is 0 Å². The summed E-state index contributed by atoms with van der Waals surface area (Å²) in [5.74, 6) is 1.91. The predicted molar refractivity (Wildman–Crippen MR) is 71.5 cm³/mol. The lowest BCUT2D eigenvalue weighted by Gasteiger charge is -2.24. The summed E-state index contributed by atoms with van der Waals surface area (Å²) < 4.78 is 5.74. The van der Waals surface area contributed by atoms with Gasteiger partial charge in [0, 0.05) is 12.6 Å². The van der Waals surface area contributed by atoms with E-state index in [0.717, 1.165) is 24.8 Å². The van der Waals surface area contributed by atoms with E-state index in [4.69, 9.17) is 4.74 Å². The fraction of sp³-hybridized carbons (Fsp3) is 0.600. The van der Waals surface area contributed by atoms with E-state index >= 15 is 0 Å². The molecule has 0 N–H and O–H groups in total. The molecular formula is C15H23NO. The first-order valence-electron chi connectivity index (χ1n) is 6.56. The van der Waals surface area contributed by atoms with Gasteiger partial charge in [0.25, 0.3) is 0 Å². The van der Waals surface area contributed by atoms with Crippen LogP contribution < -0.4 is 4.74 Å². The van der Waals surface area contributed by atoms with Gasteiger partial charge in [-0.3, -0.25) is 0 Å². The Morgan fingerprint density at radius 2 is 1.94 bits per heavy atom. The van der Waals surface area contributed by atoms with Crippen molar-refractivity contribution in [2.75, 3.05) is 20.2 Å². The minimum atomic E-state index is 0.705. The zero-order valence-electron chi connectivity index (χ0n) is 11.1. The van der Waals surface area contributed by atoms with Crippen LogP contribution in [0, 0.1) is 12.8 Å². The molecule has 0 heterocycles. The quantitative estimate of drug-likeness (QED) is 0.748. The largest absolute Gasteiger partial charge is 0.492 e. The van der Waals surface area contributed by atoms with Crippen molar-refractivity contribution in [2.45, 2.75) is 32.7 Å². The molecule has 1 aliphatic rings. The van der Waals surface area contributed by atoms with Gasteiger partial charge in [-0.1, -0.05) is 17.7 Å². The van der Waals surface area contributed by atoms with Gasteiger partial charge in [-0.15, -0.1) is 0 Å². The van der Waals surface area contributed by atoms with Gasteiger partial charge in [-0.05, 0) is 51.8 Å². The molecule has 0 saturated heterocycles. The molecule has 0 spiro atoms. The summed E-state index contributed by atoms with van der Waals surface area (Å²) in [4.78, 5) is 2.41. The van der Waals surface area contributed by atoms with E-state index in [1.807, 2.05) is 12.1 Å². The van der Waals surface area contributed by atoms with E-state index in [2.05, 4.69) is 37.9 Å². The van der Waals surface area contributed by atoms with Crippen LogP contribution in [0.25, 0.3) is 0 Å². The van der Waals surface area contributed by atoms with Gasteiger partial charge >= 0.3 is 0 Å². The van der Waals surface area contributed by atoms with Crippen molar-refractivity contribution in [3.63, 3.8) is 0 Å². The van der Waals surface area contributed by atoms with Crippen molar-refractivity contribution in [3.05, 3.63) is 29.8 Å². The third-order valence-electron chi connectivity index (χ3n) is 3.73. The van der Waals surface area contributed by atoms with Gasteiger partial charge in [-0.2, -0.15) is 0 Å². The number of aryl methyl sites for hydroxylation is 1. The Hall–Kier alpha value is -1.02. The van der Waals surface area contributed by atoms with Crippen LogP contribution in [0.4, 0.5) is 0 Å². The van der Waals surface area contributed by atoms with Crippen LogP contribution in [0.5, 0.6) is 5.75 Å². The highest BCUT2D eigenvalue weighted by atomic mass is 16.5. The Morgan fingerprint density at radius 3 is 2.53 bits per heavy atom. The SMILES string of the molecule is Cc1ccc(OCCN(C)C(C)C2CC2)cc1. The molecule has 0 radical (unpaired) electrons. The molecule has 1 aromatic rings. The van der Waals surface area contributed by atoms with E-state index in [1.165, 1.54) is 18.4 Å². The van der Waals surface area contributed by atoms with Crippen molar-refractivity contribution in [2.24, 2.45) is 5.92 Å². The number of hydrogen-bond acceptors (Lipinski definition) is 2. The van der Waals surface area contributed by atoms with E-state index in [1.54, 1.807) is 0 Å². The number of benzene rings is 1. The first kappa shape index (κ1) is 12.4. The Kier molecular flexibility index (Phi) is 4.06. The summed E-state index contributed by atoms with van der Waals surface area (Å²) in [6, 6.07) is 8.97. The lowest BCUT2D eigenvalue weighted by atomic mass is 10.2. The second kappa shape index (κ2) is 5.54. The summed E-state index contributed by atoms with van der Waals surface area (Å²) in [5, 5.41) is 0. The lowest BCUT2D eigenvalue weighted by molar-refractivity contribution is 0.186. The van der Waals surface area contributed by atoms with Crippen molar-refractivity contribution in [1.82, 2.24) is 4.90 Å². The van der Waals surface area contributed by atoms with Gasteiger partial charge in [0.2, 0.25) is 0 Å². The van der Waals surface area contributed by atoms with Crippen LogP contribution in [-0.2, 0) is 0 Å². The molecule has 1 unspecified atom stereocenters. The summed E-state index contributed by atoms with van der Waals surface area (Å²) in [7, 11) is 2.20. The second-order valence-electron chi connectivity index (χ2n) is 5.22. The van der Waals surface area contributed by atoms with Crippen LogP contribution in [0.2, 0.25) is 0 Å². The monoisotopic (exact) mass is 233 g/mol. The number of likely N-dealkylation sites (N-methyl/N-ethyl adjacent to an activating group) is 1. The van der Waals surface area contributed by atoms with E-state index in [9.17, 15) is 0 Å². The number of rotatable bonds is 6. The maximum absolute atomic E-state index is 5.74. The number of nitrogens with zero attached hydrogens (tertiary/aromatic N) is 1. The smallest absolute Gasteiger partial charge is 0.119 e. The Labute approximate surface area is 105 Å². The zero-order valence-corrected chi connectivity index (χ0v) is 11.1. The maximum Gasteiger partial charge on any atom is 0.119 e. The molecule has 1 aliphatic carbocycles. The van der Waals surface area contributed by atoms with Crippen LogP contribution >= 0.6 is 0 Å². The first-order chi connectivity index (χ1) is 8.16. The minimum Gasteiger partial charge on any atom is -0.492 e. The summed E-state index contributed by atoms with van der Waals surface area (Å²) in [5.41, 5.74) is 1.27. The van der Waals surface area contributed by atoms with Gasteiger partial charge in [0.05, 0.1) is 0 Å². The van der Waals surface area contributed by atoms with E-state index < -0.39 is 0 Å². The molecule has 0 aromatic heterocycles. The molecule has 1 saturated carbocycles. The van der Waals surface area contributed by atoms with Crippen LogP contribution in [0.3, 0.4) is 0 Å². The van der Waals surface area contributed by atoms with Crippen LogP contribution in [0.15, 0.2) is 24.3 Å². The molecular weight excluding hydrogens is 210 g/mol. The molecule has 2 heteroatoms. The molecule has 0 amide bonds. The summed E-state index contributed by atoms with van der Waals surface area (Å²) >= 11 is 0. The maximum atomic E-state index is 5.74. The average molecular weight is 233 g/mol. The topological polar surface area (TPSA) is 12.5 Å². The first-order valence-corrected chi connectivity index (χ1v) is 6.56. The predicted octanol–water partition coefficient (Wildman–Crippen LogP) is 3.10. The van der Waals surface area contributed by atoms with Crippen molar-refractivity contribution < 1.29 is 4.74 Å². The van der Waals surface area contributed by atoms with Gasteiger partial charge in [0.1, 0.15) is 12.4 Å². The van der Waals surface area contributed by atoms with Crippen LogP contribution in [0.1, 0.15) is 25.3 Å². The standard InChI is InChI=1S/C15H23NO/c1-12-4-8-15(9-5-12)17-11-10-16(3)13(2)14-6-7-14/h4-5,8-9,13-14H,6-7,10-11H2,1-3H3. The molecule has 1 atom stereocenters. The molecule has 0 bridgehead atoms. The van der Waals surface area contributed by atoms with E-state index in [-0.39, 0.29) is 0 Å². The molecule has 1 fully saturated rings. The Bertz CT molecular complexity index is 342. The second-order valence-corrected chi connectivity index (χ2v) is 5.22. The average Bonchev–Trinajstić information content (AvgIpc) is 3.14. The minimum absolute atomic E-state index is 0.705. The molecule has 94 valence electrons. The van der Waals surface area contributed by atoms with Crippen LogP contribution in [-0.4, -0.2) is 31.1 Å². The highest BCUT2D eigenvalue weighted by molar-refractivity contribution is 5.26. The van der Waals surface area contributed by atoms with Gasteiger partial charge in [0.15, 0.2) is 0 Å². The Morgan fingerprint density at radius 1 is 1.29 bits per heavy atom. The number of ether oxygens (including phenoxy) is 1. The molecule has 0 aliphatic heterocycles.